The Morgan fingerprint density at radius 2 is 1.57 bits per heavy atom. The first kappa shape index (κ1) is 20.7. The largest absolute Gasteiger partial charge is 0.375 e. The van der Waals surface area contributed by atoms with Crippen LogP contribution in [0.4, 0.5) is 0 Å². The monoisotopic (exact) mass is 322 g/mol. The molecule has 0 aromatic carbocycles. The zero-order chi connectivity index (χ0) is 17.9. The van der Waals surface area contributed by atoms with Crippen molar-refractivity contribution >= 4 is 0 Å². The fraction of sp³-hybridized carbons (Fsp3) is 0.909. The average molecular weight is 323 g/mol. The van der Waals surface area contributed by atoms with Gasteiger partial charge in [-0.3, -0.25) is 0 Å². The Kier molecular flexibility index (Phi) is 6.96. The maximum absolute atomic E-state index is 6.11. The molecule has 0 heterocycles. The van der Waals surface area contributed by atoms with Crippen molar-refractivity contribution in [2.24, 2.45) is 28.6 Å². The molecule has 1 nitrogen and oxygen atoms in total. The molecule has 0 fully saturated rings. The summed E-state index contributed by atoms with van der Waals surface area (Å²) in [5.41, 5.74) is 0.789. The second kappa shape index (κ2) is 7.72. The van der Waals surface area contributed by atoms with Gasteiger partial charge in [0.15, 0.2) is 0 Å². The highest BCUT2D eigenvalue weighted by Crippen LogP contribution is 2.44. The zero-order valence-corrected chi connectivity index (χ0v) is 17.3. The Bertz CT molecular complexity index is 378. The van der Waals surface area contributed by atoms with E-state index >= 15 is 0 Å². The summed E-state index contributed by atoms with van der Waals surface area (Å²) in [5, 5.41) is 0. The van der Waals surface area contributed by atoms with Crippen LogP contribution in [-0.2, 0) is 4.74 Å². The standard InChI is InChI=1S/C22H42O/c1-10-22(8,9)23-16-17-11-13-18(14-12-17)19(21(5,6)7)15-20(2,3)4/h11,13,17-19H,10,12,14-16H2,1-9H3. The summed E-state index contributed by atoms with van der Waals surface area (Å²) in [6, 6.07) is 0. The quantitative estimate of drug-likeness (QED) is 0.485. The lowest BCUT2D eigenvalue weighted by Gasteiger charge is -2.41. The van der Waals surface area contributed by atoms with Crippen molar-refractivity contribution in [3.63, 3.8) is 0 Å². The minimum Gasteiger partial charge on any atom is -0.375 e. The van der Waals surface area contributed by atoms with Crippen LogP contribution in [-0.4, -0.2) is 12.2 Å². The lowest BCUT2D eigenvalue weighted by molar-refractivity contribution is -0.0343. The van der Waals surface area contributed by atoms with Gasteiger partial charge in [-0.15, -0.1) is 0 Å². The van der Waals surface area contributed by atoms with E-state index in [1.165, 1.54) is 19.3 Å². The third-order valence-corrected chi connectivity index (χ3v) is 5.50. The highest BCUT2D eigenvalue weighted by atomic mass is 16.5. The van der Waals surface area contributed by atoms with Gasteiger partial charge >= 0.3 is 0 Å². The second-order valence-corrected chi connectivity index (χ2v) is 10.5. The topological polar surface area (TPSA) is 9.23 Å². The molecule has 1 aliphatic carbocycles. The van der Waals surface area contributed by atoms with Gasteiger partial charge in [0.1, 0.15) is 0 Å². The van der Waals surface area contributed by atoms with E-state index in [4.69, 9.17) is 4.74 Å². The molecule has 0 aromatic heterocycles. The van der Waals surface area contributed by atoms with Crippen molar-refractivity contribution < 1.29 is 4.74 Å². The third kappa shape index (κ3) is 7.42. The Labute approximate surface area is 146 Å². The summed E-state index contributed by atoms with van der Waals surface area (Å²) in [6.07, 6.45) is 9.92. The van der Waals surface area contributed by atoms with Gasteiger partial charge in [0.2, 0.25) is 0 Å². The van der Waals surface area contributed by atoms with Gasteiger partial charge in [0, 0.05) is 5.92 Å². The molecule has 0 N–H and O–H groups in total. The van der Waals surface area contributed by atoms with Crippen molar-refractivity contribution in [3.05, 3.63) is 12.2 Å². The van der Waals surface area contributed by atoms with Gasteiger partial charge in [-0.2, -0.15) is 0 Å². The molecule has 3 atom stereocenters. The number of hydrogen-bond acceptors (Lipinski definition) is 1. The van der Waals surface area contributed by atoms with Gasteiger partial charge in [0.05, 0.1) is 12.2 Å². The normalized spacial score (nSPS) is 24.7. The molecule has 0 aliphatic heterocycles. The molecule has 23 heavy (non-hydrogen) atoms. The molecule has 1 heteroatoms. The maximum atomic E-state index is 6.11. The van der Waals surface area contributed by atoms with E-state index in [0.29, 0.717) is 16.7 Å². The highest BCUT2D eigenvalue weighted by Gasteiger charge is 2.35. The minimum atomic E-state index is 0.0187. The van der Waals surface area contributed by atoms with Crippen LogP contribution in [0.5, 0.6) is 0 Å². The van der Waals surface area contributed by atoms with Crippen LogP contribution in [0.1, 0.15) is 88.0 Å². The van der Waals surface area contributed by atoms with E-state index in [9.17, 15) is 0 Å². The fourth-order valence-corrected chi connectivity index (χ4v) is 3.57. The van der Waals surface area contributed by atoms with E-state index in [-0.39, 0.29) is 5.60 Å². The first-order valence-electron chi connectivity index (χ1n) is 9.66. The van der Waals surface area contributed by atoms with Crippen LogP contribution in [0.3, 0.4) is 0 Å². The van der Waals surface area contributed by atoms with Crippen molar-refractivity contribution in [3.8, 4) is 0 Å². The first-order chi connectivity index (χ1) is 10.3. The van der Waals surface area contributed by atoms with Gasteiger partial charge in [-0.1, -0.05) is 60.6 Å². The molecular weight excluding hydrogens is 280 g/mol. The molecular formula is C22H42O. The molecule has 0 radical (unpaired) electrons. The predicted octanol–water partition coefficient (Wildman–Crippen LogP) is 6.87. The van der Waals surface area contributed by atoms with Crippen LogP contribution in [0.25, 0.3) is 0 Å². The molecule has 0 saturated heterocycles. The Morgan fingerprint density at radius 1 is 0.957 bits per heavy atom. The summed E-state index contributed by atoms with van der Waals surface area (Å²) in [6.45, 7) is 21.8. The SMILES string of the molecule is CCC(C)(C)OCC1C=CC(C(CC(C)(C)C)C(C)(C)C)CC1. The Hall–Kier alpha value is -0.300. The number of hydrogen-bond donors (Lipinski definition) is 0. The fourth-order valence-electron chi connectivity index (χ4n) is 3.57. The van der Waals surface area contributed by atoms with Gasteiger partial charge in [-0.25, -0.2) is 0 Å². The van der Waals surface area contributed by atoms with Gasteiger partial charge in [-0.05, 0) is 62.2 Å². The molecule has 1 aliphatic rings. The number of ether oxygens (including phenoxy) is 1. The van der Waals surface area contributed by atoms with E-state index in [0.717, 1.165) is 24.9 Å². The van der Waals surface area contributed by atoms with Crippen LogP contribution in [0.15, 0.2) is 12.2 Å². The molecule has 1 rings (SSSR count). The lowest BCUT2D eigenvalue weighted by atomic mass is 9.64. The van der Waals surface area contributed by atoms with Crippen molar-refractivity contribution in [2.45, 2.75) is 93.6 Å². The molecule has 0 aromatic rings. The number of rotatable bonds is 6. The van der Waals surface area contributed by atoms with Crippen molar-refractivity contribution in [1.29, 1.82) is 0 Å². The highest BCUT2D eigenvalue weighted by molar-refractivity contribution is 5.02. The summed E-state index contributed by atoms with van der Waals surface area (Å²) in [5.74, 6) is 2.09. The van der Waals surface area contributed by atoms with Crippen molar-refractivity contribution in [2.75, 3.05) is 6.61 Å². The Balaban J connectivity index is 2.67. The summed E-state index contributed by atoms with van der Waals surface area (Å²) in [4.78, 5) is 0. The van der Waals surface area contributed by atoms with E-state index < -0.39 is 0 Å². The Morgan fingerprint density at radius 3 is 1.96 bits per heavy atom. The maximum Gasteiger partial charge on any atom is 0.0624 e. The second-order valence-electron chi connectivity index (χ2n) is 10.5. The third-order valence-electron chi connectivity index (χ3n) is 5.50. The van der Waals surface area contributed by atoms with Crippen LogP contribution < -0.4 is 0 Å². The molecule has 3 unspecified atom stereocenters. The molecule has 0 spiro atoms. The minimum absolute atomic E-state index is 0.0187. The van der Waals surface area contributed by atoms with E-state index in [1.54, 1.807) is 0 Å². The van der Waals surface area contributed by atoms with Gasteiger partial charge in [0.25, 0.3) is 0 Å². The molecule has 136 valence electrons. The summed E-state index contributed by atoms with van der Waals surface area (Å²) < 4.78 is 6.11. The number of allylic oxidation sites excluding steroid dienone is 1. The lowest BCUT2D eigenvalue weighted by Crippen LogP contribution is -2.33. The summed E-state index contributed by atoms with van der Waals surface area (Å²) in [7, 11) is 0. The van der Waals surface area contributed by atoms with Crippen molar-refractivity contribution in [1.82, 2.24) is 0 Å². The van der Waals surface area contributed by atoms with Gasteiger partial charge < -0.3 is 4.74 Å². The first-order valence-corrected chi connectivity index (χ1v) is 9.66. The van der Waals surface area contributed by atoms with E-state index in [2.05, 4.69) is 74.5 Å². The van der Waals surface area contributed by atoms with Crippen LogP contribution in [0, 0.1) is 28.6 Å². The molecule has 0 bridgehead atoms. The molecule has 0 amide bonds. The summed E-state index contributed by atoms with van der Waals surface area (Å²) >= 11 is 0. The predicted molar refractivity (Wildman–Crippen MR) is 103 cm³/mol. The smallest absolute Gasteiger partial charge is 0.0624 e. The average Bonchev–Trinajstić information content (AvgIpc) is 2.41. The van der Waals surface area contributed by atoms with Crippen LogP contribution in [0.2, 0.25) is 0 Å². The molecule has 0 saturated carbocycles. The zero-order valence-electron chi connectivity index (χ0n) is 17.3. The van der Waals surface area contributed by atoms with Crippen LogP contribution >= 0.6 is 0 Å². The van der Waals surface area contributed by atoms with E-state index in [1.807, 2.05) is 0 Å².